The molecule has 126 valence electrons. The van der Waals surface area contributed by atoms with Gasteiger partial charge in [0.25, 0.3) is 0 Å². The Morgan fingerprint density at radius 3 is 2.26 bits per heavy atom. The van der Waals surface area contributed by atoms with Gasteiger partial charge >= 0.3 is 0 Å². The second kappa shape index (κ2) is 6.62. The predicted octanol–water partition coefficient (Wildman–Crippen LogP) is 3.99. The minimum Gasteiger partial charge on any atom is -0.312 e. The van der Waals surface area contributed by atoms with E-state index in [0.29, 0.717) is 5.91 Å². The lowest BCUT2D eigenvalue weighted by molar-refractivity contribution is -0.128. The van der Waals surface area contributed by atoms with E-state index in [-0.39, 0.29) is 17.8 Å². The average molecular weight is 355 g/mol. The highest BCUT2D eigenvalue weighted by Crippen LogP contribution is 2.43. The van der Waals surface area contributed by atoms with Crippen molar-refractivity contribution in [2.24, 2.45) is 11.3 Å². The fraction of sp³-hybridized carbons (Fsp3) is 0.611. The normalized spacial score (nSPS) is 24.0. The number of hydrogen-bond donors (Lipinski definition) is 0. The van der Waals surface area contributed by atoms with E-state index in [1.54, 1.807) is 0 Å². The molecule has 1 aromatic carbocycles. The van der Waals surface area contributed by atoms with Gasteiger partial charge in [-0.2, -0.15) is 0 Å². The van der Waals surface area contributed by atoms with Crippen molar-refractivity contribution in [3.63, 3.8) is 0 Å². The minimum absolute atomic E-state index is 0. The molecule has 0 atom stereocenters. The van der Waals surface area contributed by atoms with Crippen molar-refractivity contribution in [3.8, 4) is 0 Å². The van der Waals surface area contributed by atoms with Crippen LogP contribution in [0.2, 0.25) is 5.02 Å². The van der Waals surface area contributed by atoms with Crippen LogP contribution in [0, 0.1) is 11.3 Å². The Morgan fingerprint density at radius 2 is 1.65 bits per heavy atom. The number of hydrogen-bond acceptors (Lipinski definition) is 2. The first-order valence-corrected chi connectivity index (χ1v) is 8.84. The molecule has 0 radical (unpaired) electrons. The predicted molar refractivity (Wildman–Crippen MR) is 96.5 cm³/mol. The highest BCUT2D eigenvalue weighted by Gasteiger charge is 2.48. The topological polar surface area (TPSA) is 23.6 Å². The molecule has 0 N–H and O–H groups in total. The maximum atomic E-state index is 13.0. The molecule has 1 aliphatic carbocycles. The van der Waals surface area contributed by atoms with Gasteiger partial charge in [-0.1, -0.05) is 11.6 Å². The Morgan fingerprint density at radius 1 is 1.04 bits per heavy atom. The van der Waals surface area contributed by atoms with E-state index in [1.807, 2.05) is 29.2 Å². The van der Waals surface area contributed by atoms with Crippen LogP contribution < -0.4 is 4.90 Å². The number of rotatable bonds is 3. The lowest BCUT2D eigenvalue weighted by atomic mass is 9.77. The van der Waals surface area contributed by atoms with Crippen molar-refractivity contribution < 1.29 is 4.79 Å². The van der Waals surface area contributed by atoms with Crippen LogP contribution in [0.1, 0.15) is 32.1 Å². The van der Waals surface area contributed by atoms with Gasteiger partial charge in [-0.3, -0.25) is 4.79 Å². The standard InChI is InChI=1S/C18H23ClN2O.ClH/c19-15-3-5-16(6-4-15)21-12-9-18(17(21)22)7-10-20(11-8-18)13-14-1-2-14;/h3-6,14H,1-2,7-13H2;1H. The first-order chi connectivity index (χ1) is 10.7. The third-order valence-corrected chi connectivity index (χ3v) is 5.93. The zero-order valence-electron chi connectivity index (χ0n) is 13.3. The number of halogens is 2. The average Bonchev–Trinajstić information content (AvgIpc) is 3.29. The fourth-order valence-electron chi connectivity index (χ4n) is 3.98. The van der Waals surface area contributed by atoms with E-state index >= 15 is 0 Å². The van der Waals surface area contributed by atoms with Gasteiger partial charge in [0.05, 0.1) is 5.41 Å². The zero-order chi connectivity index (χ0) is 15.2. The number of carbonyl (C=O) groups is 1. The maximum absolute atomic E-state index is 13.0. The summed E-state index contributed by atoms with van der Waals surface area (Å²) >= 11 is 5.95. The molecule has 3 aliphatic rings. The molecule has 0 unspecified atom stereocenters. The van der Waals surface area contributed by atoms with Crippen LogP contribution in [0.25, 0.3) is 0 Å². The van der Waals surface area contributed by atoms with Crippen LogP contribution >= 0.6 is 24.0 Å². The zero-order valence-corrected chi connectivity index (χ0v) is 14.9. The Bertz CT molecular complexity index is 563. The second-order valence-electron chi connectivity index (χ2n) is 7.21. The molecule has 5 heteroatoms. The summed E-state index contributed by atoms with van der Waals surface area (Å²) in [5.41, 5.74) is 0.895. The van der Waals surface area contributed by atoms with E-state index in [2.05, 4.69) is 4.90 Å². The molecular formula is C18H24Cl2N2O. The third-order valence-electron chi connectivity index (χ3n) is 5.68. The summed E-state index contributed by atoms with van der Waals surface area (Å²) in [6.45, 7) is 4.29. The molecule has 2 saturated heterocycles. The highest BCUT2D eigenvalue weighted by molar-refractivity contribution is 6.30. The summed E-state index contributed by atoms with van der Waals surface area (Å²) in [4.78, 5) is 17.5. The SMILES string of the molecule is Cl.O=C1N(c2ccc(Cl)cc2)CCC12CCN(CC1CC1)CC2. The highest BCUT2D eigenvalue weighted by atomic mass is 35.5. The number of anilines is 1. The van der Waals surface area contributed by atoms with Crippen LogP contribution in [0.3, 0.4) is 0 Å². The van der Waals surface area contributed by atoms with Crippen LogP contribution in [-0.2, 0) is 4.79 Å². The molecule has 1 spiro atoms. The molecule has 3 fully saturated rings. The van der Waals surface area contributed by atoms with Gasteiger partial charge in [-0.05, 0) is 75.4 Å². The number of likely N-dealkylation sites (tertiary alicyclic amines) is 1. The van der Waals surface area contributed by atoms with Crippen molar-refractivity contribution >= 4 is 35.6 Å². The number of amides is 1. The summed E-state index contributed by atoms with van der Waals surface area (Å²) in [6, 6.07) is 7.66. The molecule has 23 heavy (non-hydrogen) atoms. The molecule has 0 aromatic heterocycles. The molecular weight excluding hydrogens is 331 g/mol. The number of nitrogens with zero attached hydrogens (tertiary/aromatic N) is 2. The van der Waals surface area contributed by atoms with Crippen LogP contribution in [0.5, 0.6) is 0 Å². The monoisotopic (exact) mass is 354 g/mol. The van der Waals surface area contributed by atoms with E-state index in [1.165, 1.54) is 19.4 Å². The Kier molecular flexibility index (Phi) is 4.91. The van der Waals surface area contributed by atoms with Gasteiger partial charge in [-0.25, -0.2) is 0 Å². The summed E-state index contributed by atoms with van der Waals surface area (Å²) < 4.78 is 0. The lowest BCUT2D eigenvalue weighted by Crippen LogP contribution is -2.45. The number of piperidine rings is 1. The van der Waals surface area contributed by atoms with Gasteiger partial charge in [0, 0.05) is 23.8 Å². The van der Waals surface area contributed by atoms with Crippen molar-refractivity contribution in [1.82, 2.24) is 4.90 Å². The molecule has 2 heterocycles. The molecule has 4 rings (SSSR count). The van der Waals surface area contributed by atoms with E-state index < -0.39 is 0 Å². The number of benzene rings is 1. The first-order valence-electron chi connectivity index (χ1n) is 8.46. The molecule has 3 nitrogen and oxygen atoms in total. The largest absolute Gasteiger partial charge is 0.312 e. The van der Waals surface area contributed by atoms with Crippen LogP contribution in [-0.4, -0.2) is 37.0 Å². The molecule has 1 saturated carbocycles. The minimum atomic E-state index is -0.0975. The Balaban J connectivity index is 0.00000156. The van der Waals surface area contributed by atoms with Crippen LogP contribution in [0.15, 0.2) is 24.3 Å². The van der Waals surface area contributed by atoms with Gasteiger partial charge in [0.2, 0.25) is 5.91 Å². The van der Waals surface area contributed by atoms with Crippen molar-refractivity contribution in [3.05, 3.63) is 29.3 Å². The molecule has 0 bridgehead atoms. The quantitative estimate of drug-likeness (QED) is 0.819. The number of carbonyl (C=O) groups excluding carboxylic acids is 1. The van der Waals surface area contributed by atoms with Crippen molar-refractivity contribution in [2.45, 2.75) is 32.1 Å². The van der Waals surface area contributed by atoms with Crippen molar-refractivity contribution in [2.75, 3.05) is 31.1 Å². The smallest absolute Gasteiger partial charge is 0.233 e. The van der Waals surface area contributed by atoms with E-state index in [4.69, 9.17) is 11.6 Å². The van der Waals surface area contributed by atoms with E-state index in [9.17, 15) is 4.79 Å². The van der Waals surface area contributed by atoms with Crippen LogP contribution in [0.4, 0.5) is 5.69 Å². The van der Waals surface area contributed by atoms with E-state index in [0.717, 1.165) is 55.5 Å². The Hall–Kier alpha value is -0.770. The lowest BCUT2D eigenvalue weighted by Gasteiger charge is -2.38. The van der Waals surface area contributed by atoms with Gasteiger partial charge in [-0.15, -0.1) is 12.4 Å². The third kappa shape index (κ3) is 3.38. The fourth-order valence-corrected chi connectivity index (χ4v) is 4.11. The second-order valence-corrected chi connectivity index (χ2v) is 7.64. The first kappa shape index (κ1) is 17.1. The molecule has 1 amide bonds. The molecule has 2 aliphatic heterocycles. The molecule has 1 aromatic rings. The summed E-state index contributed by atoms with van der Waals surface area (Å²) in [6.07, 6.45) is 5.88. The maximum Gasteiger partial charge on any atom is 0.233 e. The summed E-state index contributed by atoms with van der Waals surface area (Å²) in [5.74, 6) is 1.28. The summed E-state index contributed by atoms with van der Waals surface area (Å²) in [7, 11) is 0. The Labute approximate surface area is 149 Å². The van der Waals surface area contributed by atoms with Gasteiger partial charge < -0.3 is 9.80 Å². The van der Waals surface area contributed by atoms with Gasteiger partial charge in [0.1, 0.15) is 0 Å². The summed E-state index contributed by atoms with van der Waals surface area (Å²) in [5, 5.41) is 0.721. The van der Waals surface area contributed by atoms with Gasteiger partial charge in [0.15, 0.2) is 0 Å². The van der Waals surface area contributed by atoms with Crippen molar-refractivity contribution in [1.29, 1.82) is 0 Å².